The van der Waals surface area contributed by atoms with E-state index in [0.29, 0.717) is 35.2 Å². The Morgan fingerprint density at radius 2 is 2.09 bits per heavy atom. The lowest BCUT2D eigenvalue weighted by Gasteiger charge is -2.17. The molecule has 11 nitrogen and oxygen atoms in total. The van der Waals surface area contributed by atoms with Gasteiger partial charge >= 0.3 is 0 Å². The molecule has 1 saturated heterocycles. The third kappa shape index (κ3) is 3.53. The number of rotatable bonds is 6. The summed E-state index contributed by atoms with van der Waals surface area (Å²) in [5.41, 5.74) is 3.30. The van der Waals surface area contributed by atoms with Gasteiger partial charge in [0.05, 0.1) is 30.8 Å². The molecular weight excluding hydrogens is 430 g/mol. The Bertz CT molecular complexity index is 1260. The maximum absolute atomic E-state index is 12.8. The zero-order valence-electron chi connectivity index (χ0n) is 18.5. The van der Waals surface area contributed by atoms with Crippen LogP contribution < -0.4 is 4.74 Å². The highest BCUT2D eigenvalue weighted by Gasteiger charge is 2.35. The molecule has 0 saturated carbocycles. The summed E-state index contributed by atoms with van der Waals surface area (Å²) in [6.07, 6.45) is 7.35. The molecule has 168 valence electrons. The molecule has 5 heterocycles. The van der Waals surface area contributed by atoms with Crippen molar-refractivity contribution >= 4 is 22.5 Å². The molecule has 0 amide bonds. The number of imidazole rings is 2. The van der Waals surface area contributed by atoms with Gasteiger partial charge in [-0.3, -0.25) is 4.68 Å². The number of hydrogen-bond acceptors (Lipinski definition) is 8. The van der Waals surface area contributed by atoms with E-state index in [1.165, 1.54) is 6.33 Å². The SMILES string of the molecule is CCn1ncc(-c2nc3c(O[C@H]4CCN([S+]([O-])c5cn(C)cn5)C4)ncnc3n2C)c1C. The molecular formula is C20H25N9O2S. The summed E-state index contributed by atoms with van der Waals surface area (Å²) in [6, 6.07) is 0. The highest BCUT2D eigenvalue weighted by atomic mass is 32.2. The van der Waals surface area contributed by atoms with Gasteiger partial charge in [0.15, 0.2) is 11.2 Å². The minimum absolute atomic E-state index is 0.143. The zero-order valence-corrected chi connectivity index (χ0v) is 19.3. The van der Waals surface area contributed by atoms with Crippen LogP contribution in [0.15, 0.2) is 30.1 Å². The molecule has 1 fully saturated rings. The minimum Gasteiger partial charge on any atom is -0.591 e. The van der Waals surface area contributed by atoms with E-state index in [1.807, 2.05) is 40.8 Å². The van der Waals surface area contributed by atoms with Gasteiger partial charge in [-0.2, -0.15) is 15.1 Å². The van der Waals surface area contributed by atoms with Gasteiger partial charge in [-0.25, -0.2) is 9.97 Å². The predicted octanol–water partition coefficient (Wildman–Crippen LogP) is 1.46. The van der Waals surface area contributed by atoms with Gasteiger partial charge in [0.1, 0.15) is 29.6 Å². The van der Waals surface area contributed by atoms with Crippen molar-refractivity contribution in [1.82, 2.24) is 43.2 Å². The Morgan fingerprint density at radius 1 is 1.25 bits per heavy atom. The van der Waals surface area contributed by atoms with Crippen molar-refractivity contribution in [3.63, 3.8) is 0 Å². The van der Waals surface area contributed by atoms with E-state index in [9.17, 15) is 4.55 Å². The smallest absolute Gasteiger partial charge is 0.283 e. The second-order valence-electron chi connectivity index (χ2n) is 7.85. The fraction of sp³-hybridized carbons (Fsp3) is 0.450. The highest BCUT2D eigenvalue weighted by molar-refractivity contribution is 7.89. The Hall–Kier alpha value is -2.96. The fourth-order valence-electron chi connectivity index (χ4n) is 4.00. The Balaban J connectivity index is 1.39. The van der Waals surface area contributed by atoms with Crippen molar-refractivity contribution in [2.75, 3.05) is 13.1 Å². The van der Waals surface area contributed by atoms with Gasteiger partial charge in [-0.15, -0.1) is 4.31 Å². The van der Waals surface area contributed by atoms with Crippen LogP contribution >= 0.6 is 0 Å². The standard InChI is InChI=1S/C20H25N9O2S/c1-5-29-13(2)15(8-24-29)18-25-17-19(27(18)4)21-11-22-20(17)31-14-6-7-28(9-14)32(30)16-10-26(3)12-23-16/h8,10-12,14H,5-7,9H2,1-4H3/t14-,32?/m0/s1. The third-order valence-electron chi connectivity index (χ3n) is 5.75. The van der Waals surface area contributed by atoms with Gasteiger partial charge < -0.3 is 18.4 Å². The fourth-order valence-corrected chi connectivity index (χ4v) is 5.24. The van der Waals surface area contributed by atoms with Gasteiger partial charge in [-0.1, -0.05) is 0 Å². The normalized spacial score (nSPS) is 18.0. The lowest BCUT2D eigenvalue weighted by atomic mass is 10.2. The van der Waals surface area contributed by atoms with Crippen LogP contribution in [0.5, 0.6) is 5.88 Å². The Labute approximate surface area is 188 Å². The molecule has 0 aromatic carbocycles. The van der Waals surface area contributed by atoms with E-state index in [1.54, 1.807) is 17.1 Å². The summed E-state index contributed by atoms with van der Waals surface area (Å²) >= 11 is -1.31. The quantitative estimate of drug-likeness (QED) is 0.402. The van der Waals surface area contributed by atoms with Gasteiger partial charge in [-0.05, 0) is 13.8 Å². The van der Waals surface area contributed by atoms with E-state index < -0.39 is 11.4 Å². The van der Waals surface area contributed by atoms with Crippen LogP contribution in [0.2, 0.25) is 0 Å². The van der Waals surface area contributed by atoms with Crippen LogP contribution in [0.4, 0.5) is 0 Å². The number of nitrogens with zero attached hydrogens (tertiary/aromatic N) is 9. The Morgan fingerprint density at radius 3 is 2.81 bits per heavy atom. The predicted molar refractivity (Wildman–Crippen MR) is 118 cm³/mol. The average Bonchev–Trinajstić information content (AvgIpc) is 3.56. The minimum atomic E-state index is -1.31. The molecule has 0 radical (unpaired) electrons. The molecule has 5 rings (SSSR count). The molecule has 12 heteroatoms. The van der Waals surface area contributed by atoms with Crippen LogP contribution in [0.25, 0.3) is 22.6 Å². The molecule has 4 aromatic heterocycles. The third-order valence-corrected chi connectivity index (χ3v) is 7.12. The molecule has 0 N–H and O–H groups in total. The Kier molecular flexibility index (Phi) is 5.35. The largest absolute Gasteiger partial charge is 0.591 e. The molecule has 0 aliphatic carbocycles. The van der Waals surface area contributed by atoms with Gasteiger partial charge in [0, 0.05) is 39.3 Å². The number of hydrogen-bond donors (Lipinski definition) is 0. The zero-order chi connectivity index (χ0) is 22.4. The van der Waals surface area contributed by atoms with Crippen molar-refractivity contribution in [1.29, 1.82) is 0 Å². The first-order chi connectivity index (χ1) is 15.5. The lowest BCUT2D eigenvalue weighted by Crippen LogP contribution is -2.31. The first kappa shape index (κ1) is 20.9. The first-order valence-electron chi connectivity index (χ1n) is 10.5. The summed E-state index contributed by atoms with van der Waals surface area (Å²) in [7, 11) is 3.79. The van der Waals surface area contributed by atoms with E-state index in [2.05, 4.69) is 27.0 Å². The van der Waals surface area contributed by atoms with Crippen molar-refractivity contribution < 1.29 is 9.29 Å². The summed E-state index contributed by atoms with van der Waals surface area (Å²) in [5.74, 6) is 1.21. The molecule has 1 aliphatic heterocycles. The van der Waals surface area contributed by atoms with E-state index in [-0.39, 0.29) is 6.10 Å². The van der Waals surface area contributed by atoms with Crippen LogP contribution in [0, 0.1) is 6.92 Å². The average molecular weight is 456 g/mol. The summed E-state index contributed by atoms with van der Waals surface area (Å²) in [5, 5.41) is 4.98. The van der Waals surface area contributed by atoms with Crippen LogP contribution in [-0.4, -0.2) is 66.9 Å². The number of aromatic nitrogens is 8. The number of aryl methyl sites for hydroxylation is 3. The number of ether oxygens (including phenoxy) is 1. The van der Waals surface area contributed by atoms with E-state index in [4.69, 9.17) is 9.72 Å². The first-order valence-corrected chi connectivity index (χ1v) is 11.6. The molecule has 1 unspecified atom stereocenters. The second-order valence-corrected chi connectivity index (χ2v) is 9.28. The number of fused-ring (bicyclic) bond motifs is 1. The topological polar surface area (TPSA) is 115 Å². The highest BCUT2D eigenvalue weighted by Crippen LogP contribution is 2.30. The molecule has 32 heavy (non-hydrogen) atoms. The van der Waals surface area contributed by atoms with E-state index >= 15 is 0 Å². The van der Waals surface area contributed by atoms with Crippen LogP contribution in [0.3, 0.4) is 0 Å². The maximum atomic E-state index is 12.8. The monoisotopic (exact) mass is 455 g/mol. The molecule has 2 atom stereocenters. The summed E-state index contributed by atoms with van der Waals surface area (Å²) in [6.45, 7) is 6.06. The second kappa shape index (κ2) is 8.19. The van der Waals surface area contributed by atoms with Gasteiger partial charge in [0.25, 0.3) is 5.03 Å². The lowest BCUT2D eigenvalue weighted by molar-refractivity contribution is 0.209. The van der Waals surface area contributed by atoms with E-state index in [0.717, 1.165) is 30.0 Å². The van der Waals surface area contributed by atoms with Crippen molar-refractivity contribution in [2.24, 2.45) is 14.1 Å². The van der Waals surface area contributed by atoms with Crippen molar-refractivity contribution in [3.05, 3.63) is 30.7 Å². The maximum Gasteiger partial charge on any atom is 0.283 e. The van der Waals surface area contributed by atoms with Crippen molar-refractivity contribution in [3.8, 4) is 17.3 Å². The van der Waals surface area contributed by atoms with Crippen molar-refractivity contribution in [2.45, 2.75) is 37.9 Å². The summed E-state index contributed by atoms with van der Waals surface area (Å²) < 4.78 is 26.5. The molecule has 4 aromatic rings. The van der Waals surface area contributed by atoms with Gasteiger partial charge in [0.2, 0.25) is 5.88 Å². The molecule has 0 bridgehead atoms. The van der Waals surface area contributed by atoms with Crippen LogP contribution in [-0.2, 0) is 32.0 Å². The summed E-state index contributed by atoms with van der Waals surface area (Å²) in [4.78, 5) is 17.8. The van der Waals surface area contributed by atoms with Crippen LogP contribution in [0.1, 0.15) is 19.0 Å². The molecule has 1 aliphatic rings. The molecule has 0 spiro atoms.